The molecule has 0 aromatic rings. The number of hydrogen-bond donors (Lipinski definition) is 10. The van der Waals surface area contributed by atoms with Gasteiger partial charge in [-0.1, -0.05) is 0 Å². The Balaban J connectivity index is -0.0000000850. The average Bonchev–Trinajstić information content (AvgIpc) is 2.31. The summed E-state index contributed by atoms with van der Waals surface area (Å²) < 4.78 is 0. The van der Waals surface area contributed by atoms with Gasteiger partial charge < -0.3 is 52.9 Å². The number of carboxylic acid groups (broad SMARTS) is 7. The molecule has 0 amide bonds. The van der Waals surface area contributed by atoms with Gasteiger partial charge in [-0.15, -0.1) is 0 Å². The van der Waals surface area contributed by atoms with Crippen molar-refractivity contribution in [3.05, 3.63) is 0 Å². The van der Waals surface area contributed by atoms with E-state index < -0.39 is 30.5 Å². The van der Waals surface area contributed by atoms with Crippen molar-refractivity contribution < 1.29 is 74.4 Å². The number of carboxylic acids is 1. The minimum absolute atomic E-state index is 0. The van der Waals surface area contributed by atoms with Crippen LogP contribution in [0, 0.1) is 0 Å². The van der Waals surface area contributed by atoms with E-state index in [9.17, 15) is 4.79 Å². The zero-order valence-corrected chi connectivity index (χ0v) is 15.8. The van der Waals surface area contributed by atoms with Gasteiger partial charge in [-0.05, 0) is 12.8 Å². The number of aliphatic imine (C=N–C) groups is 1. The van der Waals surface area contributed by atoms with Gasteiger partial charge in [-0.3, -0.25) is 9.79 Å². The summed E-state index contributed by atoms with van der Waals surface area (Å²) >= 11 is 0. The molecule has 0 unspecified atom stereocenters. The van der Waals surface area contributed by atoms with Crippen LogP contribution in [0.4, 0.5) is 14.4 Å². The van der Waals surface area contributed by atoms with Crippen molar-refractivity contribution in [2.45, 2.75) is 18.9 Å². The van der Waals surface area contributed by atoms with Gasteiger partial charge in [0.05, 0.1) is 0 Å². The van der Waals surface area contributed by atoms with Crippen LogP contribution < -0.4 is 17.2 Å². The van der Waals surface area contributed by atoms with Gasteiger partial charge in [0.1, 0.15) is 6.04 Å². The fourth-order valence-corrected chi connectivity index (χ4v) is 0.643. The molecule has 15 nitrogen and oxygen atoms in total. The predicted octanol–water partition coefficient (Wildman–Crippen LogP) is -0.883. The van der Waals surface area contributed by atoms with Crippen molar-refractivity contribution in [1.82, 2.24) is 0 Å². The standard InChI is InChI=1S/C6H14N4O2.3CH2O3.Zn/c7-4(5(11)12)2-1-3-10-6(8)9;3*2-1(3)4;/h4H,1-3,7H2,(H,11,12)(H4,8,9,10);3*(H2,2,3,4);/t4-;;;;/m0..../s1. The van der Waals surface area contributed by atoms with Crippen LogP contribution in [0.1, 0.15) is 12.8 Å². The van der Waals surface area contributed by atoms with Crippen molar-refractivity contribution >= 4 is 30.4 Å². The molecule has 0 heterocycles. The smallest absolute Gasteiger partial charge is 0.480 e. The summed E-state index contributed by atoms with van der Waals surface area (Å²) in [5.41, 5.74) is 15.3. The molecule has 0 rings (SSSR count). The van der Waals surface area contributed by atoms with Gasteiger partial charge >= 0.3 is 24.4 Å². The summed E-state index contributed by atoms with van der Waals surface area (Å²) in [6.07, 6.45) is -4.54. The SMILES string of the molecule is NC(N)=NCCC[C@H](N)C(=O)O.O=C(O)O.O=C(O)O.O=C(O)O.[Zn]. The number of nitrogens with two attached hydrogens (primary N) is 3. The normalized spacial score (nSPS) is 8.68. The summed E-state index contributed by atoms with van der Waals surface area (Å²) in [5.74, 6) is -0.987. The van der Waals surface area contributed by atoms with E-state index in [4.69, 9.17) is 67.3 Å². The molecule has 25 heavy (non-hydrogen) atoms. The second-order valence-corrected chi connectivity index (χ2v) is 3.24. The molecule has 0 saturated heterocycles. The molecule has 0 radical (unpaired) electrons. The number of nitrogens with zero attached hydrogens (tertiary/aromatic N) is 1. The van der Waals surface area contributed by atoms with Crippen molar-refractivity contribution in [2.24, 2.45) is 22.2 Å². The number of guanidine groups is 1. The largest absolute Gasteiger partial charge is 0.503 e. The molecule has 0 aromatic carbocycles. The number of aliphatic carboxylic acids is 1. The molecule has 0 saturated carbocycles. The van der Waals surface area contributed by atoms with Gasteiger partial charge in [0, 0.05) is 26.0 Å². The van der Waals surface area contributed by atoms with E-state index in [0.717, 1.165) is 0 Å². The summed E-state index contributed by atoms with van der Waals surface area (Å²) in [4.78, 5) is 39.6. The van der Waals surface area contributed by atoms with Crippen molar-refractivity contribution in [3.63, 3.8) is 0 Å². The predicted molar refractivity (Wildman–Crippen MR) is 77.5 cm³/mol. The van der Waals surface area contributed by atoms with Crippen LogP contribution >= 0.6 is 0 Å². The van der Waals surface area contributed by atoms with Crippen LogP contribution in [0.25, 0.3) is 0 Å². The molecule has 13 N–H and O–H groups in total. The van der Waals surface area contributed by atoms with Crippen LogP contribution in [0.2, 0.25) is 0 Å². The number of hydrogen-bond acceptors (Lipinski definition) is 6. The monoisotopic (exact) mass is 424 g/mol. The van der Waals surface area contributed by atoms with Crippen LogP contribution in [0.15, 0.2) is 4.99 Å². The van der Waals surface area contributed by atoms with E-state index in [0.29, 0.717) is 19.4 Å². The molecule has 0 aliphatic heterocycles. The first-order chi connectivity index (χ1) is 10.7. The maximum absolute atomic E-state index is 10.2. The molecule has 0 spiro atoms. The molecule has 0 bridgehead atoms. The second-order valence-electron chi connectivity index (χ2n) is 3.24. The van der Waals surface area contributed by atoms with Crippen molar-refractivity contribution in [3.8, 4) is 0 Å². The second kappa shape index (κ2) is 23.4. The van der Waals surface area contributed by atoms with Crippen LogP contribution in [0.3, 0.4) is 0 Å². The van der Waals surface area contributed by atoms with E-state index in [-0.39, 0.29) is 25.4 Å². The molecular formula is C9H20N4O11Zn. The molecular weight excluding hydrogens is 406 g/mol. The Morgan fingerprint density at radius 1 is 0.800 bits per heavy atom. The first kappa shape index (κ1) is 33.7. The summed E-state index contributed by atoms with van der Waals surface area (Å²) in [7, 11) is 0. The zero-order chi connectivity index (χ0) is 20.3. The third-order valence-electron chi connectivity index (χ3n) is 1.28. The van der Waals surface area contributed by atoms with E-state index in [1.54, 1.807) is 0 Å². The third kappa shape index (κ3) is 117. The minimum Gasteiger partial charge on any atom is -0.480 e. The summed E-state index contributed by atoms with van der Waals surface area (Å²) in [6, 6.07) is -0.820. The van der Waals surface area contributed by atoms with E-state index in [2.05, 4.69) is 4.99 Å². The Bertz CT molecular complexity index is 374. The topological polar surface area (TPSA) is 300 Å². The molecule has 0 fully saturated rings. The van der Waals surface area contributed by atoms with Gasteiger partial charge in [0.15, 0.2) is 5.96 Å². The number of carbonyl (C=O) groups is 4. The quantitative estimate of drug-likeness (QED) is 0.111. The molecule has 16 heteroatoms. The van der Waals surface area contributed by atoms with E-state index in [1.165, 1.54) is 0 Å². The number of rotatable bonds is 5. The first-order valence-corrected chi connectivity index (χ1v) is 5.53. The van der Waals surface area contributed by atoms with Gasteiger partial charge in [0.25, 0.3) is 0 Å². The minimum atomic E-state index is -1.83. The Kier molecular flexibility index (Phi) is 31.5. The molecule has 1 atom stereocenters. The Labute approximate surface area is 153 Å². The summed E-state index contributed by atoms with van der Waals surface area (Å²) in [5, 5.41) is 50.2. The maximum Gasteiger partial charge on any atom is 0.503 e. The molecule has 144 valence electrons. The van der Waals surface area contributed by atoms with Gasteiger partial charge in [0.2, 0.25) is 0 Å². The van der Waals surface area contributed by atoms with Crippen molar-refractivity contribution in [2.75, 3.05) is 6.54 Å². The zero-order valence-electron chi connectivity index (χ0n) is 12.8. The van der Waals surface area contributed by atoms with Crippen LogP contribution in [0.5, 0.6) is 0 Å². The molecule has 0 aromatic heterocycles. The Morgan fingerprint density at radius 3 is 1.28 bits per heavy atom. The first-order valence-electron chi connectivity index (χ1n) is 5.53. The van der Waals surface area contributed by atoms with Crippen molar-refractivity contribution in [1.29, 1.82) is 0 Å². The van der Waals surface area contributed by atoms with Crippen LogP contribution in [-0.4, -0.2) is 78.7 Å². The van der Waals surface area contributed by atoms with E-state index in [1.807, 2.05) is 0 Å². The Morgan fingerprint density at radius 2 is 1.08 bits per heavy atom. The molecule has 0 aliphatic rings. The average molecular weight is 426 g/mol. The Hall–Kier alpha value is -2.87. The van der Waals surface area contributed by atoms with Gasteiger partial charge in [-0.2, -0.15) is 0 Å². The maximum atomic E-state index is 10.2. The van der Waals surface area contributed by atoms with Gasteiger partial charge in [-0.25, -0.2) is 14.4 Å². The fourth-order valence-electron chi connectivity index (χ4n) is 0.643. The third-order valence-corrected chi connectivity index (χ3v) is 1.28. The summed E-state index contributed by atoms with van der Waals surface area (Å²) in [6.45, 7) is 0.420. The fraction of sp³-hybridized carbons (Fsp3) is 0.444. The van der Waals surface area contributed by atoms with E-state index >= 15 is 0 Å². The van der Waals surface area contributed by atoms with Crippen LogP contribution in [-0.2, 0) is 24.3 Å². The molecule has 0 aliphatic carbocycles.